The van der Waals surface area contributed by atoms with Crippen molar-refractivity contribution >= 4 is 23.6 Å². The molecule has 1 heterocycles. The van der Waals surface area contributed by atoms with Crippen LogP contribution in [0.5, 0.6) is 5.75 Å². The van der Waals surface area contributed by atoms with E-state index in [9.17, 15) is 9.18 Å². The van der Waals surface area contributed by atoms with Crippen molar-refractivity contribution in [3.05, 3.63) is 83.2 Å². The molecule has 5 nitrogen and oxygen atoms in total. The number of imidazole rings is 1. The molecule has 0 fully saturated rings. The van der Waals surface area contributed by atoms with Crippen molar-refractivity contribution in [1.82, 2.24) is 14.9 Å². The third kappa shape index (κ3) is 5.77. The van der Waals surface area contributed by atoms with Gasteiger partial charge in [0.2, 0.25) is 5.91 Å². The molecule has 0 aliphatic carbocycles. The van der Waals surface area contributed by atoms with Crippen molar-refractivity contribution in [3.8, 4) is 11.4 Å². The fraction of sp³-hybridized carbons (Fsp3) is 0.280. The fourth-order valence-corrected chi connectivity index (χ4v) is 3.59. The van der Waals surface area contributed by atoms with E-state index in [-0.39, 0.29) is 11.7 Å². The summed E-state index contributed by atoms with van der Waals surface area (Å²) in [5, 5.41) is 2.90. The molecule has 1 N–H and O–H groups in total. The number of halogens is 2. The largest absolute Gasteiger partial charge is 0.495 e. The Morgan fingerprint density at radius 3 is 2.75 bits per heavy atom. The molecule has 0 saturated heterocycles. The highest BCUT2D eigenvalue weighted by Crippen LogP contribution is 2.26. The topological polar surface area (TPSA) is 56.1 Å². The van der Waals surface area contributed by atoms with Crippen molar-refractivity contribution in [2.45, 2.75) is 32.7 Å². The van der Waals surface area contributed by atoms with Crippen LogP contribution in [-0.2, 0) is 4.79 Å². The van der Waals surface area contributed by atoms with Gasteiger partial charge in [-0.05, 0) is 56.5 Å². The number of benzene rings is 2. The van der Waals surface area contributed by atoms with E-state index >= 15 is 0 Å². The molecule has 3 aromatic rings. The summed E-state index contributed by atoms with van der Waals surface area (Å²) in [7, 11) is 1.60. The zero-order chi connectivity index (χ0) is 23.1. The number of nitrogens with one attached hydrogen (secondary N) is 1. The number of hydrogen-bond donors (Lipinski definition) is 1. The summed E-state index contributed by atoms with van der Waals surface area (Å²) in [5.41, 5.74) is 3.59. The first-order valence-electron chi connectivity index (χ1n) is 10.4. The molecule has 0 aliphatic rings. The Bertz CT molecular complexity index is 1110. The molecule has 0 radical (unpaired) electrons. The van der Waals surface area contributed by atoms with E-state index in [1.54, 1.807) is 38.6 Å². The molecule has 0 aliphatic heterocycles. The van der Waals surface area contributed by atoms with E-state index in [2.05, 4.69) is 10.3 Å². The number of rotatable bonds is 9. The lowest BCUT2D eigenvalue weighted by molar-refractivity contribution is -0.118. The second-order valence-electron chi connectivity index (χ2n) is 7.53. The zero-order valence-corrected chi connectivity index (χ0v) is 19.2. The van der Waals surface area contributed by atoms with Crippen LogP contribution in [0.15, 0.2) is 60.6 Å². The molecule has 32 heavy (non-hydrogen) atoms. The summed E-state index contributed by atoms with van der Waals surface area (Å²) in [6.45, 7) is 3.69. The molecule has 1 aromatic heterocycles. The Balaban J connectivity index is 1.87. The Kier molecular flexibility index (Phi) is 8.06. The number of methoxy groups -OCH3 is 1. The van der Waals surface area contributed by atoms with E-state index in [4.69, 9.17) is 16.3 Å². The number of ether oxygens (including phenoxy) is 1. The minimum Gasteiger partial charge on any atom is -0.495 e. The van der Waals surface area contributed by atoms with Gasteiger partial charge in [-0.15, -0.1) is 11.6 Å². The van der Waals surface area contributed by atoms with E-state index in [1.807, 2.05) is 42.0 Å². The molecule has 168 valence electrons. The quantitative estimate of drug-likeness (QED) is 0.337. The minimum absolute atomic E-state index is 0.251. The monoisotopic (exact) mass is 455 g/mol. The average Bonchev–Trinajstić information content (AvgIpc) is 3.22. The first-order chi connectivity index (χ1) is 15.4. The van der Waals surface area contributed by atoms with Crippen molar-refractivity contribution in [2.24, 2.45) is 0 Å². The second-order valence-corrected chi connectivity index (χ2v) is 7.91. The lowest BCUT2D eigenvalue weighted by Crippen LogP contribution is -2.28. The standard InChI is InChI=1S/C25H27ClFN3O2/c1-17-15-30(16-28-17)23-11-10-19(14-24(23)32-3)13-20(7-6-12-26)25(31)29-18(2)21-8-4-5-9-22(21)27/h4-5,8-11,13-16,18H,6-7,12H2,1-3H3,(H,29,31)/b20-13+/t18-/m0/s1. The fourth-order valence-electron chi connectivity index (χ4n) is 3.45. The van der Waals surface area contributed by atoms with Gasteiger partial charge < -0.3 is 14.6 Å². The minimum atomic E-state index is -0.468. The first-order valence-corrected chi connectivity index (χ1v) is 11.0. The maximum absolute atomic E-state index is 14.1. The van der Waals surface area contributed by atoms with E-state index < -0.39 is 6.04 Å². The normalized spacial score (nSPS) is 12.5. The van der Waals surface area contributed by atoms with Crippen molar-refractivity contribution in [2.75, 3.05) is 13.0 Å². The average molecular weight is 456 g/mol. The molecule has 0 unspecified atom stereocenters. The zero-order valence-electron chi connectivity index (χ0n) is 18.4. The number of amides is 1. The van der Waals surface area contributed by atoms with Crippen LogP contribution in [0, 0.1) is 12.7 Å². The van der Waals surface area contributed by atoms with Gasteiger partial charge in [0.05, 0.1) is 30.9 Å². The molecule has 0 saturated carbocycles. The van der Waals surface area contributed by atoms with Gasteiger partial charge in [-0.3, -0.25) is 4.79 Å². The molecule has 0 bridgehead atoms. The number of nitrogens with zero attached hydrogens (tertiary/aromatic N) is 2. The van der Waals surface area contributed by atoms with Gasteiger partial charge in [0.25, 0.3) is 0 Å². The Morgan fingerprint density at radius 1 is 1.31 bits per heavy atom. The highest BCUT2D eigenvalue weighted by Gasteiger charge is 2.17. The maximum Gasteiger partial charge on any atom is 0.247 e. The van der Waals surface area contributed by atoms with Crippen LogP contribution in [0.1, 0.15) is 42.6 Å². The summed E-state index contributed by atoms with van der Waals surface area (Å²) in [5.74, 6) is 0.504. The predicted molar refractivity (Wildman–Crippen MR) is 126 cm³/mol. The number of aromatic nitrogens is 2. The molecule has 0 spiro atoms. The van der Waals surface area contributed by atoms with Gasteiger partial charge in [-0.25, -0.2) is 9.37 Å². The molecular weight excluding hydrogens is 429 g/mol. The second kappa shape index (κ2) is 11.0. The van der Waals surface area contributed by atoms with Crippen LogP contribution in [0.4, 0.5) is 4.39 Å². The molecule has 3 rings (SSSR count). The third-order valence-corrected chi connectivity index (χ3v) is 5.39. The Morgan fingerprint density at radius 2 is 2.09 bits per heavy atom. The van der Waals surface area contributed by atoms with Gasteiger partial charge in [-0.1, -0.05) is 24.3 Å². The smallest absolute Gasteiger partial charge is 0.247 e. The van der Waals surface area contributed by atoms with Gasteiger partial charge >= 0.3 is 0 Å². The maximum atomic E-state index is 14.1. The number of carbonyl (C=O) groups is 1. The van der Waals surface area contributed by atoms with Gasteiger partial charge in [0.1, 0.15) is 11.6 Å². The lowest BCUT2D eigenvalue weighted by Gasteiger charge is -2.17. The number of carbonyl (C=O) groups excluding carboxylic acids is 1. The summed E-state index contributed by atoms with van der Waals surface area (Å²) in [4.78, 5) is 17.3. The van der Waals surface area contributed by atoms with Crippen LogP contribution in [-0.4, -0.2) is 28.4 Å². The molecule has 1 amide bonds. The number of alkyl halides is 1. The third-order valence-electron chi connectivity index (χ3n) is 5.13. The van der Waals surface area contributed by atoms with Crippen LogP contribution in [0.25, 0.3) is 11.8 Å². The summed E-state index contributed by atoms with van der Waals surface area (Å²) >= 11 is 5.88. The SMILES string of the molecule is COc1cc(/C=C(\CCCCl)C(=O)N[C@@H](C)c2ccccc2F)ccc1-n1cnc(C)c1. The van der Waals surface area contributed by atoms with Crippen molar-refractivity contribution in [1.29, 1.82) is 0 Å². The predicted octanol–water partition coefficient (Wildman–Crippen LogP) is 5.61. The highest BCUT2D eigenvalue weighted by molar-refractivity contribution is 6.17. The van der Waals surface area contributed by atoms with Crippen molar-refractivity contribution in [3.63, 3.8) is 0 Å². The Hall–Kier alpha value is -3.12. The van der Waals surface area contributed by atoms with Gasteiger partial charge in [-0.2, -0.15) is 0 Å². The molecule has 2 aromatic carbocycles. The van der Waals surface area contributed by atoms with Crippen molar-refractivity contribution < 1.29 is 13.9 Å². The Labute approximate surface area is 192 Å². The summed E-state index contributed by atoms with van der Waals surface area (Å²) < 4.78 is 21.6. The van der Waals surface area contributed by atoms with Crippen LogP contribution in [0.3, 0.4) is 0 Å². The first kappa shape index (κ1) is 23.5. The summed E-state index contributed by atoms with van der Waals surface area (Å²) in [6, 6.07) is 11.7. The number of hydrogen-bond acceptors (Lipinski definition) is 3. The van der Waals surface area contributed by atoms with Crippen LogP contribution >= 0.6 is 11.6 Å². The van der Waals surface area contributed by atoms with Crippen LogP contribution in [0.2, 0.25) is 0 Å². The highest BCUT2D eigenvalue weighted by atomic mass is 35.5. The van der Waals surface area contributed by atoms with E-state index in [0.717, 1.165) is 16.9 Å². The van der Waals surface area contributed by atoms with Gasteiger partial charge in [0, 0.05) is 23.2 Å². The van der Waals surface area contributed by atoms with Gasteiger partial charge in [0.15, 0.2) is 0 Å². The van der Waals surface area contributed by atoms with Crippen LogP contribution < -0.4 is 10.1 Å². The van der Waals surface area contributed by atoms with E-state index in [0.29, 0.717) is 35.6 Å². The number of aryl methyl sites for hydroxylation is 1. The molecular formula is C25H27ClFN3O2. The lowest BCUT2D eigenvalue weighted by atomic mass is 10.0. The summed E-state index contributed by atoms with van der Waals surface area (Å²) in [6.07, 6.45) is 6.62. The molecule has 1 atom stereocenters. The van der Waals surface area contributed by atoms with E-state index in [1.165, 1.54) is 6.07 Å². The molecule has 7 heteroatoms.